The van der Waals surface area contributed by atoms with Crippen LogP contribution < -0.4 is 24.6 Å². The number of benzene rings is 3. The molecular formula is C73H95ClF2N10O8Si. The summed E-state index contributed by atoms with van der Waals surface area (Å²) >= 11 is 6.50. The highest BCUT2D eigenvalue weighted by atomic mass is 35.5. The molecule has 2 unspecified atom stereocenters. The number of rotatable bonds is 18. The zero-order valence-corrected chi connectivity index (χ0v) is 58.9. The van der Waals surface area contributed by atoms with Gasteiger partial charge in [-0.1, -0.05) is 65.1 Å². The van der Waals surface area contributed by atoms with E-state index >= 15 is 8.78 Å². The van der Waals surface area contributed by atoms with E-state index in [1.165, 1.54) is 50.2 Å². The fraction of sp³-hybridized carbons (Fsp3) is 0.603. The Labute approximate surface area is 564 Å². The first-order valence-electron chi connectivity index (χ1n) is 34.7. The number of hydrogen-bond donors (Lipinski definition) is 1. The van der Waals surface area contributed by atoms with E-state index in [0.717, 1.165) is 77.8 Å². The molecule has 18 nitrogen and oxygen atoms in total. The molecule has 5 saturated heterocycles. The molecule has 2 atom stereocenters. The van der Waals surface area contributed by atoms with Crippen LogP contribution in [0.2, 0.25) is 21.6 Å². The van der Waals surface area contributed by atoms with Crippen molar-refractivity contribution in [3.63, 3.8) is 0 Å². The van der Waals surface area contributed by atoms with Crippen molar-refractivity contribution in [2.24, 2.45) is 16.7 Å². The molecule has 510 valence electrons. The molecule has 22 heteroatoms. The second-order valence-electron chi connectivity index (χ2n) is 30.2. The van der Waals surface area contributed by atoms with Crippen LogP contribution in [0.5, 0.6) is 11.8 Å². The molecule has 2 aromatic heterocycles. The maximum atomic E-state index is 18.3. The number of hydrogen-bond acceptors (Lipinski definition) is 14. The first-order chi connectivity index (χ1) is 45.4. The van der Waals surface area contributed by atoms with Gasteiger partial charge in [-0.25, -0.2) is 18.4 Å². The van der Waals surface area contributed by atoms with Crippen molar-refractivity contribution < 1.29 is 46.9 Å². The third-order valence-corrected chi connectivity index (χ3v) is 28.7. The maximum absolute atomic E-state index is 18.3. The van der Waals surface area contributed by atoms with E-state index in [-0.39, 0.29) is 83.4 Å². The average Bonchev–Trinajstić information content (AvgIpc) is 1.55. The minimum atomic E-state index is -2.36. The molecule has 95 heavy (non-hydrogen) atoms. The van der Waals surface area contributed by atoms with Gasteiger partial charge in [-0.15, -0.1) is 5.54 Å². The van der Waals surface area contributed by atoms with E-state index in [9.17, 15) is 19.2 Å². The molecule has 1 N–H and O–H groups in total. The van der Waals surface area contributed by atoms with Crippen molar-refractivity contribution in [1.29, 1.82) is 0 Å². The van der Waals surface area contributed by atoms with E-state index in [1.54, 1.807) is 42.6 Å². The van der Waals surface area contributed by atoms with Gasteiger partial charge in [0.15, 0.2) is 12.6 Å². The summed E-state index contributed by atoms with van der Waals surface area (Å²) in [5.41, 5.74) is 5.48. The Bertz CT molecular complexity index is 3750. The number of imide groups is 1. The first kappa shape index (κ1) is 68.2. The fourth-order valence-electron chi connectivity index (χ4n) is 16.6. The van der Waals surface area contributed by atoms with Crippen molar-refractivity contribution in [2.45, 2.75) is 174 Å². The lowest BCUT2D eigenvalue weighted by atomic mass is 9.65. The summed E-state index contributed by atoms with van der Waals surface area (Å²) in [6, 6.07) is 10.8. The van der Waals surface area contributed by atoms with E-state index in [2.05, 4.69) is 73.0 Å². The van der Waals surface area contributed by atoms with E-state index < -0.39 is 31.3 Å². The van der Waals surface area contributed by atoms with E-state index in [1.807, 2.05) is 30.6 Å². The van der Waals surface area contributed by atoms with Crippen molar-refractivity contribution >= 4 is 76.8 Å². The van der Waals surface area contributed by atoms with Crippen LogP contribution in [0.4, 0.5) is 29.9 Å². The summed E-state index contributed by atoms with van der Waals surface area (Å²) in [5.74, 6) is 3.33. The number of carbonyl (C=O) groups is 4. The molecule has 7 aliphatic rings. The summed E-state index contributed by atoms with van der Waals surface area (Å²) in [5, 5.41) is 4.12. The summed E-state index contributed by atoms with van der Waals surface area (Å²) in [6.07, 6.45) is 12.9. The van der Waals surface area contributed by atoms with Crippen molar-refractivity contribution in [1.82, 2.24) is 39.9 Å². The quantitative estimate of drug-likeness (QED) is 0.0498. The second-order valence-corrected chi connectivity index (χ2v) is 36.2. The number of carbonyl (C=O) groups excluding carboxylic acids is 4. The maximum Gasteiger partial charge on any atom is 0.410 e. The molecule has 3 aromatic carbocycles. The van der Waals surface area contributed by atoms with Crippen molar-refractivity contribution in [3.05, 3.63) is 76.4 Å². The second kappa shape index (κ2) is 27.7. The first-order valence-corrected chi connectivity index (χ1v) is 37.3. The Kier molecular flexibility index (Phi) is 19.9. The number of pyridine rings is 1. The number of nitrogens with one attached hydrogen (secondary N) is 1. The summed E-state index contributed by atoms with van der Waals surface area (Å²) < 4.78 is 58.9. The molecule has 5 amide bonds. The van der Waals surface area contributed by atoms with Crippen LogP contribution in [-0.2, 0) is 14.3 Å². The molecule has 12 rings (SSSR count). The zero-order valence-electron chi connectivity index (χ0n) is 57.2. The minimum Gasteiger partial charge on any atom is -0.468 e. The van der Waals surface area contributed by atoms with Crippen LogP contribution in [0, 0.1) is 39.8 Å². The number of nitrogens with zero attached hydrogens (tertiary/aromatic N) is 9. The number of likely N-dealkylation sites (tertiary alicyclic amines) is 1. The SMILES string of the molecule is COCOc1cc(-c2ncc3c(N4CC5CCC(C4)N5C(=O)OC(C)(C)C)nc(OCC4(CN5CCN(CCC6CCC7(CC6)CCN(C(=O)c6ccc(Cl)c(N8CCC(=O)NC8=O)c6)CC7)CC5)CC4)nc3c2F)c2c(C#C[Si](C(C)C)(C(C)C)C(C)C)c(F)ccc2c1. The molecule has 0 radical (unpaired) electrons. The number of urea groups is 1. The smallest absolute Gasteiger partial charge is 0.410 e. The van der Waals surface area contributed by atoms with Gasteiger partial charge >= 0.3 is 18.1 Å². The molecule has 1 spiro atoms. The van der Waals surface area contributed by atoms with Gasteiger partial charge in [0.25, 0.3) is 5.91 Å². The molecule has 7 fully saturated rings. The number of piperazine rings is 2. The van der Waals surface area contributed by atoms with E-state index in [4.69, 9.17) is 45.5 Å². The number of fused-ring (bicyclic) bond motifs is 4. The van der Waals surface area contributed by atoms with Crippen LogP contribution in [0.25, 0.3) is 32.9 Å². The minimum absolute atomic E-state index is 0.0191. The summed E-state index contributed by atoms with van der Waals surface area (Å²) in [4.78, 5) is 79.3. The Morgan fingerprint density at radius 3 is 2.15 bits per heavy atom. The molecule has 7 heterocycles. The number of piperidine rings is 1. The fourth-order valence-corrected chi connectivity index (χ4v) is 22.0. The average molecular weight is 1340 g/mol. The Morgan fingerprint density at radius 1 is 0.821 bits per heavy atom. The number of methoxy groups -OCH3 is 1. The highest BCUT2D eigenvalue weighted by Crippen LogP contribution is 2.50. The van der Waals surface area contributed by atoms with Gasteiger partial charge in [0.05, 0.1) is 40.4 Å². The Morgan fingerprint density at radius 2 is 1.51 bits per heavy atom. The van der Waals surface area contributed by atoms with Crippen molar-refractivity contribution in [2.75, 3.05) is 102 Å². The summed E-state index contributed by atoms with van der Waals surface area (Å²) in [6.45, 7) is 27.6. The molecule has 2 saturated carbocycles. The topological polar surface area (TPSA) is 175 Å². The Balaban J connectivity index is 0.721. The predicted molar refractivity (Wildman–Crippen MR) is 369 cm³/mol. The van der Waals surface area contributed by atoms with Gasteiger partial charge in [0.2, 0.25) is 5.91 Å². The number of ether oxygens (including phenoxy) is 4. The molecule has 2 aliphatic carbocycles. The Hall–Kier alpha value is -6.70. The standard InChI is InChI=1S/C73H95ClF2N10O8Si/c1-46(2)95(47(3)4,48(5)6)36-21-55-59(75)16-12-50-37-54(93-45-91-10)39-56(62(50)55)64-63(76)65-57(40-77-64)66(84-41-52-13-14-53(42-84)86(52)70(90)94-71(7,8)9)80-68(79-65)92-44-73(24-25-73)43-82-34-32-81(33-35-82)28-19-49-17-22-72(23-18-49)26-30-83(31-27-72)67(88)51-11-15-58(74)60(38-51)85-29-20-61(87)78-69(85)89/h11-12,15-16,37-40,46-49,52-53H,13-14,17-20,22-35,41-45H2,1-10H3,(H,78,87,89). The largest absolute Gasteiger partial charge is 0.468 e. The van der Waals surface area contributed by atoms with Gasteiger partial charge in [0, 0.05) is 107 Å². The predicted octanol–water partition coefficient (Wildman–Crippen LogP) is 13.6. The van der Waals surface area contributed by atoms with Gasteiger partial charge in [-0.2, -0.15) is 9.97 Å². The zero-order chi connectivity index (χ0) is 67.3. The van der Waals surface area contributed by atoms with Crippen LogP contribution in [0.3, 0.4) is 0 Å². The highest BCUT2D eigenvalue weighted by Gasteiger charge is 2.48. The van der Waals surface area contributed by atoms with Gasteiger partial charge in [-0.3, -0.25) is 29.7 Å². The highest BCUT2D eigenvalue weighted by molar-refractivity contribution is 6.90. The number of anilines is 2. The number of aromatic nitrogens is 3. The lowest BCUT2D eigenvalue weighted by Crippen LogP contribution is -2.57. The molecule has 5 aromatic rings. The third kappa shape index (κ3) is 14.4. The van der Waals surface area contributed by atoms with Crippen LogP contribution in [0.1, 0.15) is 155 Å². The van der Waals surface area contributed by atoms with E-state index in [0.29, 0.717) is 105 Å². The van der Waals surface area contributed by atoms with Gasteiger partial charge < -0.3 is 38.5 Å². The number of amides is 5. The van der Waals surface area contributed by atoms with Crippen LogP contribution in [-0.4, -0.2) is 177 Å². The molecule has 2 bridgehead atoms. The third-order valence-electron chi connectivity index (χ3n) is 22.1. The lowest BCUT2D eigenvalue weighted by Gasteiger charge is -2.46. The van der Waals surface area contributed by atoms with Crippen molar-refractivity contribution in [3.8, 4) is 34.5 Å². The lowest BCUT2D eigenvalue weighted by molar-refractivity contribution is -0.120. The van der Waals surface area contributed by atoms with Crippen LogP contribution >= 0.6 is 11.6 Å². The number of halogens is 3. The summed E-state index contributed by atoms with van der Waals surface area (Å²) in [7, 11) is -0.830. The normalized spacial score (nSPS) is 21.1. The van der Waals surface area contributed by atoms with Crippen LogP contribution in [0.15, 0.2) is 48.7 Å². The molecular weight excluding hydrogens is 1250 g/mol. The monoisotopic (exact) mass is 1340 g/mol. The van der Waals surface area contributed by atoms with Gasteiger partial charge in [-0.05, 0) is 168 Å². The molecule has 5 aliphatic heterocycles. The van der Waals surface area contributed by atoms with Gasteiger partial charge in [0.1, 0.15) is 42.3 Å².